The van der Waals surface area contributed by atoms with Gasteiger partial charge in [0.25, 0.3) is 5.91 Å². The van der Waals surface area contributed by atoms with Crippen LogP contribution in [0.15, 0.2) is 64.6 Å². The van der Waals surface area contributed by atoms with E-state index in [0.717, 1.165) is 0 Å². The lowest BCUT2D eigenvalue weighted by atomic mass is 10.2. The molecule has 2 aromatic carbocycles. The molecule has 1 heterocycles. The fourth-order valence-corrected chi connectivity index (χ4v) is 3.10. The van der Waals surface area contributed by atoms with Crippen LogP contribution < -0.4 is 10.6 Å². The number of benzene rings is 2. The first kappa shape index (κ1) is 21.2. The van der Waals surface area contributed by atoms with E-state index in [4.69, 9.17) is 27.6 Å². The third-order valence-electron chi connectivity index (χ3n) is 3.94. The zero-order chi connectivity index (χ0) is 21.7. The third-order valence-corrected chi connectivity index (χ3v) is 4.49. The molecule has 0 saturated heterocycles. The number of halogens is 2. The normalized spacial score (nSPS) is 10.9. The Kier molecular flexibility index (Phi) is 6.58. The topological polar surface area (TPSA) is 95.1 Å². The monoisotopic (exact) mass is 439 g/mol. The van der Waals surface area contributed by atoms with Gasteiger partial charge in [0.05, 0.1) is 5.02 Å². The Hall–Kier alpha value is -3.53. The van der Waals surface area contributed by atoms with Gasteiger partial charge in [-0.2, -0.15) is 5.26 Å². The van der Waals surface area contributed by atoms with Crippen molar-refractivity contribution in [1.82, 2.24) is 0 Å². The smallest absolute Gasteiger partial charge is 0.266 e. The van der Waals surface area contributed by atoms with Crippen molar-refractivity contribution in [1.29, 1.82) is 5.26 Å². The molecule has 0 spiro atoms. The molecule has 0 aliphatic rings. The number of carbonyl (C=O) groups excluding carboxylic acids is 2. The van der Waals surface area contributed by atoms with Crippen LogP contribution in [0.1, 0.15) is 12.7 Å². The summed E-state index contributed by atoms with van der Waals surface area (Å²) in [5.41, 5.74) is 1.58. The lowest BCUT2D eigenvalue weighted by Gasteiger charge is -2.06. The fourth-order valence-electron chi connectivity index (χ4n) is 2.59. The number of anilines is 2. The average Bonchev–Trinajstić information content (AvgIpc) is 3.15. The predicted molar refractivity (Wildman–Crippen MR) is 117 cm³/mol. The van der Waals surface area contributed by atoms with Crippen LogP contribution in [0.2, 0.25) is 10.0 Å². The minimum absolute atomic E-state index is 0.135. The molecule has 0 saturated carbocycles. The lowest BCUT2D eigenvalue weighted by molar-refractivity contribution is -0.114. The number of carbonyl (C=O) groups is 2. The zero-order valence-electron chi connectivity index (χ0n) is 15.7. The van der Waals surface area contributed by atoms with Gasteiger partial charge in [0.2, 0.25) is 5.91 Å². The second-order valence-electron chi connectivity index (χ2n) is 6.21. The average molecular weight is 440 g/mol. The molecule has 0 atom stereocenters. The summed E-state index contributed by atoms with van der Waals surface area (Å²) in [5, 5.41) is 15.6. The van der Waals surface area contributed by atoms with Gasteiger partial charge >= 0.3 is 0 Å². The first-order valence-electron chi connectivity index (χ1n) is 8.72. The minimum atomic E-state index is -0.591. The molecule has 0 bridgehead atoms. The first-order valence-corrected chi connectivity index (χ1v) is 9.47. The van der Waals surface area contributed by atoms with E-state index in [0.29, 0.717) is 38.5 Å². The highest BCUT2D eigenvalue weighted by atomic mass is 35.5. The fraction of sp³-hybridized carbons (Fsp3) is 0.0455. The summed E-state index contributed by atoms with van der Waals surface area (Å²) in [5.74, 6) is 0.0179. The molecule has 3 aromatic rings. The van der Waals surface area contributed by atoms with Crippen molar-refractivity contribution in [2.45, 2.75) is 6.92 Å². The van der Waals surface area contributed by atoms with Crippen molar-refractivity contribution in [3.8, 4) is 17.4 Å². The number of rotatable bonds is 5. The highest BCUT2D eigenvalue weighted by molar-refractivity contribution is 6.36. The van der Waals surface area contributed by atoms with Gasteiger partial charge in [0.1, 0.15) is 23.2 Å². The van der Waals surface area contributed by atoms with Gasteiger partial charge < -0.3 is 15.1 Å². The van der Waals surface area contributed by atoms with E-state index in [2.05, 4.69) is 10.6 Å². The molecule has 0 aliphatic carbocycles. The SMILES string of the molecule is CC(=O)Nc1ccc(NC(=O)C(C#N)=Cc2ccc(-c3ccc(Cl)cc3Cl)o2)cc1. The van der Waals surface area contributed by atoms with Gasteiger partial charge in [-0.15, -0.1) is 0 Å². The van der Waals surface area contributed by atoms with Crippen LogP contribution >= 0.6 is 23.2 Å². The van der Waals surface area contributed by atoms with Crippen LogP contribution in [-0.4, -0.2) is 11.8 Å². The van der Waals surface area contributed by atoms with E-state index in [1.54, 1.807) is 54.6 Å². The summed E-state index contributed by atoms with van der Waals surface area (Å²) < 4.78 is 5.70. The van der Waals surface area contributed by atoms with Gasteiger partial charge in [0.15, 0.2) is 0 Å². The maximum Gasteiger partial charge on any atom is 0.266 e. The van der Waals surface area contributed by atoms with Crippen LogP contribution in [0.4, 0.5) is 11.4 Å². The molecule has 0 aliphatic heterocycles. The minimum Gasteiger partial charge on any atom is -0.457 e. The molecule has 150 valence electrons. The van der Waals surface area contributed by atoms with Gasteiger partial charge in [-0.05, 0) is 54.6 Å². The standard InChI is InChI=1S/C22H15Cl2N3O3/c1-13(28)26-16-3-5-17(6-4-16)27-22(29)14(12-25)10-18-7-9-21(30-18)19-8-2-15(23)11-20(19)24/h2-11H,1H3,(H,26,28)(H,27,29). The Labute approximate surface area is 182 Å². The molecule has 2 amide bonds. The van der Waals surface area contributed by atoms with E-state index in [1.807, 2.05) is 6.07 Å². The van der Waals surface area contributed by atoms with Crippen molar-refractivity contribution in [2.24, 2.45) is 0 Å². The summed E-state index contributed by atoms with van der Waals surface area (Å²) in [7, 11) is 0. The van der Waals surface area contributed by atoms with Crippen LogP contribution in [0.3, 0.4) is 0 Å². The Morgan fingerprint density at radius 3 is 2.27 bits per heavy atom. The van der Waals surface area contributed by atoms with E-state index >= 15 is 0 Å². The number of hydrogen-bond acceptors (Lipinski definition) is 4. The van der Waals surface area contributed by atoms with Gasteiger partial charge in [0, 0.05) is 35.0 Å². The highest BCUT2D eigenvalue weighted by Crippen LogP contribution is 2.32. The molecular weight excluding hydrogens is 425 g/mol. The number of furan rings is 1. The van der Waals surface area contributed by atoms with Crippen molar-refractivity contribution >= 4 is 52.5 Å². The molecular formula is C22H15Cl2N3O3. The molecule has 8 heteroatoms. The van der Waals surface area contributed by atoms with E-state index < -0.39 is 5.91 Å². The molecule has 30 heavy (non-hydrogen) atoms. The van der Waals surface area contributed by atoms with Gasteiger partial charge in [-0.1, -0.05) is 23.2 Å². The summed E-state index contributed by atoms with van der Waals surface area (Å²) in [6.07, 6.45) is 1.34. The largest absolute Gasteiger partial charge is 0.457 e. The Morgan fingerprint density at radius 2 is 1.67 bits per heavy atom. The van der Waals surface area contributed by atoms with Crippen LogP contribution in [-0.2, 0) is 9.59 Å². The quantitative estimate of drug-likeness (QED) is 0.390. The van der Waals surface area contributed by atoms with Crippen molar-refractivity contribution in [2.75, 3.05) is 10.6 Å². The van der Waals surface area contributed by atoms with E-state index in [1.165, 1.54) is 13.0 Å². The highest BCUT2D eigenvalue weighted by Gasteiger charge is 2.13. The Morgan fingerprint density at radius 1 is 1.00 bits per heavy atom. The molecule has 0 radical (unpaired) electrons. The van der Waals surface area contributed by atoms with Crippen LogP contribution in [0.25, 0.3) is 17.4 Å². The van der Waals surface area contributed by atoms with Crippen molar-refractivity contribution in [3.05, 3.63) is 76.0 Å². The zero-order valence-corrected chi connectivity index (χ0v) is 17.2. The van der Waals surface area contributed by atoms with Crippen LogP contribution in [0, 0.1) is 11.3 Å². The Balaban J connectivity index is 1.75. The number of nitrogens with zero attached hydrogens (tertiary/aromatic N) is 1. The molecule has 0 unspecified atom stereocenters. The second-order valence-corrected chi connectivity index (χ2v) is 7.05. The lowest BCUT2D eigenvalue weighted by Crippen LogP contribution is -2.13. The second kappa shape index (κ2) is 9.31. The molecule has 6 nitrogen and oxygen atoms in total. The van der Waals surface area contributed by atoms with E-state index in [9.17, 15) is 14.9 Å². The van der Waals surface area contributed by atoms with Crippen LogP contribution in [0.5, 0.6) is 0 Å². The maximum absolute atomic E-state index is 12.4. The van der Waals surface area contributed by atoms with Gasteiger partial charge in [-0.25, -0.2) is 0 Å². The van der Waals surface area contributed by atoms with Crippen molar-refractivity contribution < 1.29 is 14.0 Å². The molecule has 3 rings (SSSR count). The van der Waals surface area contributed by atoms with Gasteiger partial charge in [-0.3, -0.25) is 9.59 Å². The Bertz CT molecular complexity index is 1180. The number of nitriles is 1. The summed E-state index contributed by atoms with van der Waals surface area (Å²) in [4.78, 5) is 23.5. The first-order chi connectivity index (χ1) is 14.4. The molecule has 0 fully saturated rings. The number of hydrogen-bond donors (Lipinski definition) is 2. The summed E-state index contributed by atoms with van der Waals surface area (Å²) in [6.45, 7) is 1.40. The third kappa shape index (κ3) is 5.29. The number of amides is 2. The summed E-state index contributed by atoms with van der Waals surface area (Å²) >= 11 is 12.1. The van der Waals surface area contributed by atoms with E-state index in [-0.39, 0.29) is 11.5 Å². The predicted octanol–water partition coefficient (Wildman–Crippen LogP) is 5.76. The molecule has 1 aromatic heterocycles. The number of nitrogens with one attached hydrogen (secondary N) is 2. The maximum atomic E-state index is 12.4. The summed E-state index contributed by atoms with van der Waals surface area (Å²) in [6, 6.07) is 16.7. The van der Waals surface area contributed by atoms with Crippen molar-refractivity contribution in [3.63, 3.8) is 0 Å². The molecule has 2 N–H and O–H groups in total.